The first-order valence-corrected chi connectivity index (χ1v) is 5.45. The summed E-state index contributed by atoms with van der Waals surface area (Å²) in [6, 6.07) is 10.8. The van der Waals surface area contributed by atoms with Crippen LogP contribution in [0.15, 0.2) is 42.6 Å². The third-order valence-electron chi connectivity index (χ3n) is 2.71. The molecule has 0 saturated heterocycles. The van der Waals surface area contributed by atoms with E-state index in [0.29, 0.717) is 22.6 Å². The van der Waals surface area contributed by atoms with E-state index in [1.54, 1.807) is 24.4 Å². The second kappa shape index (κ2) is 3.96. The van der Waals surface area contributed by atoms with Crippen LogP contribution in [0, 0.1) is 0 Å². The van der Waals surface area contributed by atoms with Crippen LogP contribution in [0.4, 0.5) is 0 Å². The summed E-state index contributed by atoms with van der Waals surface area (Å²) in [7, 11) is 0. The molecule has 0 aliphatic heterocycles. The van der Waals surface area contributed by atoms with Gasteiger partial charge in [-0.25, -0.2) is 9.97 Å². The lowest BCUT2D eigenvalue weighted by Crippen LogP contribution is -2.12. The summed E-state index contributed by atoms with van der Waals surface area (Å²) in [6.07, 6.45) is 1.67. The molecule has 88 valence electrons. The van der Waals surface area contributed by atoms with Crippen LogP contribution in [0.2, 0.25) is 0 Å². The highest BCUT2D eigenvalue weighted by atomic mass is 16.1. The minimum atomic E-state index is -0.473. The van der Waals surface area contributed by atoms with Gasteiger partial charge in [-0.15, -0.1) is 0 Å². The molecule has 5 heteroatoms. The first kappa shape index (κ1) is 10.5. The molecule has 0 atom stereocenters. The monoisotopic (exact) mass is 238 g/mol. The Labute approximate surface area is 103 Å². The zero-order chi connectivity index (χ0) is 12.5. The van der Waals surface area contributed by atoms with Crippen LogP contribution in [0.25, 0.3) is 22.6 Å². The van der Waals surface area contributed by atoms with Crippen molar-refractivity contribution in [3.05, 3.63) is 48.2 Å². The highest BCUT2D eigenvalue weighted by Gasteiger charge is 2.12. The number of hydrogen-bond acceptors (Lipinski definition) is 3. The molecule has 0 fully saturated rings. The molecular weight excluding hydrogens is 228 g/mol. The lowest BCUT2D eigenvalue weighted by atomic mass is 10.1. The number of nitrogens with two attached hydrogens (primary N) is 1. The van der Waals surface area contributed by atoms with Gasteiger partial charge in [0.2, 0.25) is 5.91 Å². The van der Waals surface area contributed by atoms with Gasteiger partial charge in [-0.1, -0.05) is 18.2 Å². The van der Waals surface area contributed by atoms with Gasteiger partial charge in [0.05, 0.1) is 11.1 Å². The van der Waals surface area contributed by atoms with E-state index in [9.17, 15) is 4.79 Å². The van der Waals surface area contributed by atoms with Crippen molar-refractivity contribution in [1.29, 1.82) is 0 Å². The molecule has 5 nitrogen and oxygen atoms in total. The minimum Gasteiger partial charge on any atom is -0.366 e. The highest BCUT2D eigenvalue weighted by Crippen LogP contribution is 2.22. The van der Waals surface area contributed by atoms with E-state index in [2.05, 4.69) is 15.0 Å². The third kappa shape index (κ3) is 1.62. The Bertz CT molecular complexity index is 699. The van der Waals surface area contributed by atoms with Crippen molar-refractivity contribution in [3.8, 4) is 11.4 Å². The number of carbonyl (C=O) groups is 1. The second-order valence-corrected chi connectivity index (χ2v) is 3.87. The van der Waals surface area contributed by atoms with Crippen LogP contribution in [0.5, 0.6) is 0 Å². The number of fused-ring (bicyclic) bond motifs is 1. The average Bonchev–Trinajstić information content (AvgIpc) is 2.82. The first-order chi connectivity index (χ1) is 8.75. The fourth-order valence-corrected chi connectivity index (χ4v) is 1.88. The fraction of sp³-hybridized carbons (Fsp3) is 0. The smallest absolute Gasteiger partial charge is 0.249 e. The molecule has 0 spiro atoms. The molecule has 2 aromatic heterocycles. The third-order valence-corrected chi connectivity index (χ3v) is 2.71. The number of nitrogens with zero attached hydrogens (tertiary/aromatic N) is 2. The molecule has 0 bridgehead atoms. The van der Waals surface area contributed by atoms with Crippen molar-refractivity contribution in [2.45, 2.75) is 0 Å². The van der Waals surface area contributed by atoms with E-state index < -0.39 is 5.91 Å². The van der Waals surface area contributed by atoms with Gasteiger partial charge >= 0.3 is 0 Å². The van der Waals surface area contributed by atoms with E-state index in [0.717, 1.165) is 5.52 Å². The van der Waals surface area contributed by atoms with Crippen molar-refractivity contribution < 1.29 is 4.79 Å². The molecule has 1 aromatic carbocycles. The number of rotatable bonds is 2. The fourth-order valence-electron chi connectivity index (χ4n) is 1.88. The molecule has 18 heavy (non-hydrogen) atoms. The molecular formula is C13H10N4O. The van der Waals surface area contributed by atoms with Gasteiger partial charge in [0.15, 0.2) is 5.65 Å². The van der Waals surface area contributed by atoms with Crippen LogP contribution >= 0.6 is 0 Å². The maximum Gasteiger partial charge on any atom is 0.249 e. The van der Waals surface area contributed by atoms with Crippen molar-refractivity contribution in [1.82, 2.24) is 15.0 Å². The Morgan fingerprint density at radius 2 is 2.00 bits per heavy atom. The number of aromatic amines is 1. The summed E-state index contributed by atoms with van der Waals surface area (Å²) in [4.78, 5) is 23.0. The average molecular weight is 238 g/mol. The molecule has 1 amide bonds. The lowest BCUT2D eigenvalue weighted by Gasteiger charge is -2.02. The highest BCUT2D eigenvalue weighted by molar-refractivity contribution is 5.99. The van der Waals surface area contributed by atoms with Gasteiger partial charge in [0.25, 0.3) is 0 Å². The van der Waals surface area contributed by atoms with Gasteiger partial charge in [-0.2, -0.15) is 0 Å². The molecule has 0 radical (unpaired) electrons. The van der Waals surface area contributed by atoms with Crippen molar-refractivity contribution in [3.63, 3.8) is 0 Å². The van der Waals surface area contributed by atoms with E-state index in [1.165, 1.54) is 0 Å². The van der Waals surface area contributed by atoms with Gasteiger partial charge in [0, 0.05) is 11.8 Å². The second-order valence-electron chi connectivity index (χ2n) is 3.87. The van der Waals surface area contributed by atoms with E-state index >= 15 is 0 Å². The van der Waals surface area contributed by atoms with Crippen molar-refractivity contribution in [2.24, 2.45) is 5.73 Å². The number of hydrogen-bond donors (Lipinski definition) is 2. The number of aromatic nitrogens is 3. The number of benzene rings is 1. The van der Waals surface area contributed by atoms with Crippen LogP contribution in [-0.4, -0.2) is 20.9 Å². The predicted molar refractivity (Wildman–Crippen MR) is 67.8 cm³/mol. The SMILES string of the molecule is NC(=O)c1ccccc1-c1nc2ncccc2[nH]1. The molecule has 3 N–H and O–H groups in total. The van der Waals surface area contributed by atoms with E-state index in [-0.39, 0.29) is 0 Å². The van der Waals surface area contributed by atoms with Gasteiger partial charge in [-0.05, 0) is 18.2 Å². The number of carbonyl (C=O) groups excluding carboxylic acids is 1. The number of primary amides is 1. The number of H-pyrrole nitrogens is 1. The van der Waals surface area contributed by atoms with Crippen LogP contribution in [0.1, 0.15) is 10.4 Å². The Kier molecular flexibility index (Phi) is 2.30. The van der Waals surface area contributed by atoms with Gasteiger partial charge in [-0.3, -0.25) is 4.79 Å². The molecule has 3 aromatic rings. The van der Waals surface area contributed by atoms with E-state index in [4.69, 9.17) is 5.73 Å². The van der Waals surface area contributed by atoms with E-state index in [1.807, 2.05) is 18.2 Å². The zero-order valence-electron chi connectivity index (χ0n) is 9.42. The van der Waals surface area contributed by atoms with Gasteiger partial charge < -0.3 is 10.7 Å². The lowest BCUT2D eigenvalue weighted by molar-refractivity contribution is 0.100. The Morgan fingerprint density at radius 3 is 2.78 bits per heavy atom. The summed E-state index contributed by atoms with van der Waals surface area (Å²) < 4.78 is 0. The van der Waals surface area contributed by atoms with Crippen LogP contribution < -0.4 is 5.73 Å². The molecule has 2 heterocycles. The maximum absolute atomic E-state index is 11.4. The maximum atomic E-state index is 11.4. The summed E-state index contributed by atoms with van der Waals surface area (Å²) in [5.74, 6) is 0.122. The zero-order valence-corrected chi connectivity index (χ0v) is 9.42. The Morgan fingerprint density at radius 1 is 1.17 bits per heavy atom. The molecule has 3 rings (SSSR count). The van der Waals surface area contributed by atoms with Crippen molar-refractivity contribution >= 4 is 17.1 Å². The summed E-state index contributed by atoms with van der Waals surface area (Å²) in [5, 5.41) is 0. The van der Waals surface area contributed by atoms with Gasteiger partial charge in [0.1, 0.15) is 5.82 Å². The topological polar surface area (TPSA) is 84.7 Å². The minimum absolute atomic E-state index is 0.441. The normalized spacial score (nSPS) is 10.7. The standard InChI is InChI=1S/C13H10N4O/c14-11(18)8-4-1-2-5-9(8)12-16-10-6-3-7-15-13(10)17-12/h1-7H,(H2,14,18)(H,15,16,17). The first-order valence-electron chi connectivity index (χ1n) is 5.45. The van der Waals surface area contributed by atoms with Crippen molar-refractivity contribution in [2.75, 3.05) is 0 Å². The van der Waals surface area contributed by atoms with Crippen LogP contribution in [-0.2, 0) is 0 Å². The number of nitrogens with one attached hydrogen (secondary N) is 1. The summed E-state index contributed by atoms with van der Waals surface area (Å²) in [5.41, 5.74) is 7.92. The Hall–Kier alpha value is -2.69. The number of pyridine rings is 1. The number of amides is 1. The molecule has 0 saturated carbocycles. The van der Waals surface area contributed by atoms with Crippen LogP contribution in [0.3, 0.4) is 0 Å². The largest absolute Gasteiger partial charge is 0.366 e. The number of imidazole rings is 1. The predicted octanol–water partition coefficient (Wildman–Crippen LogP) is 1.72. The molecule has 0 unspecified atom stereocenters. The quantitative estimate of drug-likeness (QED) is 0.712. The Balaban J connectivity index is 2.23. The molecule has 0 aliphatic carbocycles. The summed E-state index contributed by atoms with van der Waals surface area (Å²) in [6.45, 7) is 0. The molecule has 0 aliphatic rings. The summed E-state index contributed by atoms with van der Waals surface area (Å²) >= 11 is 0.